The molecule has 0 radical (unpaired) electrons. The van der Waals surface area contributed by atoms with Gasteiger partial charge in [-0.25, -0.2) is 17.9 Å². The van der Waals surface area contributed by atoms with E-state index in [9.17, 15) is 8.42 Å². The molecule has 9 heteroatoms. The quantitative estimate of drug-likeness (QED) is 0.382. The van der Waals surface area contributed by atoms with Crippen molar-refractivity contribution in [3.63, 3.8) is 0 Å². The molecule has 2 fully saturated rings. The minimum Gasteiger partial charge on any atom is -0.354 e. The number of sulfonamides is 1. The molecule has 0 amide bonds. The number of piperidine rings is 1. The molecule has 2 aliphatic rings. The first-order valence-corrected chi connectivity index (χ1v) is 13.7. The van der Waals surface area contributed by atoms with Crippen LogP contribution in [0.25, 0.3) is 27.8 Å². The van der Waals surface area contributed by atoms with Crippen LogP contribution in [0.3, 0.4) is 0 Å². The Morgan fingerprint density at radius 2 is 1.91 bits per heavy atom. The van der Waals surface area contributed by atoms with Gasteiger partial charge in [0.05, 0.1) is 16.6 Å². The Hall–Kier alpha value is -2.91. The van der Waals surface area contributed by atoms with E-state index in [4.69, 9.17) is 0 Å². The molecule has 3 N–H and O–H groups in total. The highest BCUT2D eigenvalue weighted by atomic mass is 32.2. The average Bonchev–Trinajstić information content (AvgIpc) is 3.46. The van der Waals surface area contributed by atoms with Gasteiger partial charge in [0.2, 0.25) is 10.0 Å². The fraction of sp³-hybridized carbons (Fsp3) is 0.440. The molecule has 4 heterocycles. The molecule has 1 aromatic carbocycles. The smallest absolute Gasteiger partial charge is 0.235 e. The summed E-state index contributed by atoms with van der Waals surface area (Å²) < 4.78 is 29.8. The van der Waals surface area contributed by atoms with E-state index in [-0.39, 0.29) is 11.2 Å². The van der Waals surface area contributed by atoms with Gasteiger partial charge in [0.1, 0.15) is 6.33 Å². The Bertz CT molecular complexity index is 1480. The second kappa shape index (κ2) is 8.09. The summed E-state index contributed by atoms with van der Waals surface area (Å²) in [5.41, 5.74) is 6.57. The summed E-state index contributed by atoms with van der Waals surface area (Å²) in [5, 5.41) is 8.69. The molecule has 3 aromatic heterocycles. The molecule has 0 unspecified atom stereocenters. The van der Waals surface area contributed by atoms with E-state index >= 15 is 0 Å². The molecule has 34 heavy (non-hydrogen) atoms. The minimum absolute atomic E-state index is 0.282. The monoisotopic (exact) mass is 478 g/mol. The van der Waals surface area contributed by atoms with Crippen molar-refractivity contribution < 1.29 is 8.42 Å². The number of hydrogen-bond donors (Lipinski definition) is 3. The van der Waals surface area contributed by atoms with Crippen LogP contribution in [-0.4, -0.2) is 46.3 Å². The van der Waals surface area contributed by atoms with Gasteiger partial charge in [-0.2, -0.15) is 5.10 Å². The first-order valence-electron chi connectivity index (χ1n) is 12.1. The highest BCUT2D eigenvalue weighted by molar-refractivity contribution is 7.93. The van der Waals surface area contributed by atoms with Crippen LogP contribution in [0.2, 0.25) is 0 Å². The summed E-state index contributed by atoms with van der Waals surface area (Å²) in [4.78, 5) is 7.91. The molecule has 8 nitrogen and oxygen atoms in total. The maximum Gasteiger partial charge on any atom is 0.235 e. The van der Waals surface area contributed by atoms with Gasteiger partial charge in [0.25, 0.3) is 0 Å². The summed E-state index contributed by atoms with van der Waals surface area (Å²) >= 11 is 0. The molecule has 178 valence electrons. The van der Waals surface area contributed by atoms with Gasteiger partial charge >= 0.3 is 0 Å². The number of H-pyrrole nitrogens is 1. The summed E-state index contributed by atoms with van der Waals surface area (Å²) in [6, 6.07) is 8.67. The third-order valence-electron chi connectivity index (χ3n) is 7.13. The third kappa shape index (κ3) is 3.76. The van der Waals surface area contributed by atoms with Crippen molar-refractivity contribution in [3.8, 4) is 11.3 Å². The first kappa shape index (κ1) is 21.6. The van der Waals surface area contributed by atoms with Crippen molar-refractivity contribution in [3.05, 3.63) is 47.9 Å². The van der Waals surface area contributed by atoms with E-state index in [0.717, 1.165) is 42.7 Å². The number of hydrogen-bond acceptors (Lipinski definition) is 5. The fourth-order valence-corrected chi connectivity index (χ4v) is 6.60. The van der Waals surface area contributed by atoms with Gasteiger partial charge in [0, 0.05) is 22.7 Å². The van der Waals surface area contributed by atoms with E-state index in [0.29, 0.717) is 30.1 Å². The Morgan fingerprint density at radius 1 is 1.12 bits per heavy atom. The molecule has 0 spiro atoms. The molecule has 4 aromatic rings. The SMILES string of the molecule is CC(C)c1c(-c2cc(NS(=O)(=O)C3CC3)c3ncnn3c2)[nH]c2ccc(C3CCNCC3)cc12. The predicted molar refractivity (Wildman–Crippen MR) is 135 cm³/mol. The number of fused-ring (bicyclic) bond motifs is 2. The zero-order valence-electron chi connectivity index (χ0n) is 19.5. The lowest BCUT2D eigenvalue weighted by molar-refractivity contribution is 0.460. The molecule has 1 aliphatic carbocycles. The number of anilines is 1. The lowest BCUT2D eigenvalue weighted by Crippen LogP contribution is -2.26. The largest absolute Gasteiger partial charge is 0.354 e. The van der Waals surface area contributed by atoms with Gasteiger partial charge in [-0.15, -0.1) is 0 Å². The topological polar surface area (TPSA) is 104 Å². The van der Waals surface area contributed by atoms with Crippen LogP contribution in [0.1, 0.15) is 62.5 Å². The van der Waals surface area contributed by atoms with Crippen LogP contribution >= 0.6 is 0 Å². The molecule has 0 bridgehead atoms. The molecular formula is C25H30N6O2S. The van der Waals surface area contributed by atoms with Crippen molar-refractivity contribution in [2.24, 2.45) is 0 Å². The number of nitrogens with one attached hydrogen (secondary N) is 3. The number of aromatic amines is 1. The summed E-state index contributed by atoms with van der Waals surface area (Å²) in [7, 11) is -3.42. The van der Waals surface area contributed by atoms with Gasteiger partial charge in [-0.3, -0.25) is 4.72 Å². The molecular weight excluding hydrogens is 448 g/mol. The van der Waals surface area contributed by atoms with Crippen LogP contribution in [-0.2, 0) is 10.0 Å². The van der Waals surface area contributed by atoms with Crippen LogP contribution in [0, 0.1) is 0 Å². The summed E-state index contributed by atoms with van der Waals surface area (Å²) in [5.74, 6) is 0.865. The van der Waals surface area contributed by atoms with Crippen molar-refractivity contribution in [1.82, 2.24) is 24.9 Å². The Kier molecular flexibility index (Phi) is 5.14. The lowest BCUT2D eigenvalue weighted by atomic mass is 9.88. The highest BCUT2D eigenvalue weighted by Crippen LogP contribution is 2.39. The van der Waals surface area contributed by atoms with E-state index < -0.39 is 10.0 Å². The number of pyridine rings is 1. The third-order valence-corrected chi connectivity index (χ3v) is 8.98. The van der Waals surface area contributed by atoms with Crippen molar-refractivity contribution >= 4 is 32.3 Å². The fourth-order valence-electron chi connectivity index (χ4n) is 5.22. The van der Waals surface area contributed by atoms with Gasteiger partial charge < -0.3 is 10.3 Å². The van der Waals surface area contributed by atoms with Crippen LogP contribution in [0.5, 0.6) is 0 Å². The maximum atomic E-state index is 12.7. The van der Waals surface area contributed by atoms with Crippen LogP contribution < -0.4 is 10.0 Å². The maximum absolute atomic E-state index is 12.7. The first-order chi connectivity index (χ1) is 16.4. The minimum atomic E-state index is -3.42. The molecule has 1 saturated heterocycles. The number of aromatic nitrogens is 4. The van der Waals surface area contributed by atoms with Gasteiger partial charge in [-0.05, 0) is 79.9 Å². The normalized spacial score (nSPS) is 17.7. The Morgan fingerprint density at radius 3 is 2.65 bits per heavy atom. The molecule has 6 rings (SSSR count). The van der Waals surface area contributed by atoms with E-state index in [1.807, 2.05) is 12.3 Å². The zero-order chi connectivity index (χ0) is 23.4. The standard InChI is InChI=1S/C25H30N6O2S/c1-15(2)23-20-11-17(16-7-9-26-10-8-16)3-6-21(20)29-24(23)18-12-22(25-27-14-28-31(25)13-18)30-34(32,33)19-4-5-19/h3,6,11-16,19,26,29-30H,4-5,7-10H2,1-2H3. The number of rotatable bonds is 6. The Labute approximate surface area is 199 Å². The predicted octanol–water partition coefficient (Wildman–Crippen LogP) is 4.37. The number of benzene rings is 1. The van der Waals surface area contributed by atoms with Crippen molar-refractivity contribution in [1.29, 1.82) is 0 Å². The van der Waals surface area contributed by atoms with E-state index in [2.05, 4.69) is 57.2 Å². The van der Waals surface area contributed by atoms with Crippen LogP contribution in [0.4, 0.5) is 5.69 Å². The summed E-state index contributed by atoms with van der Waals surface area (Å²) in [6.45, 7) is 6.53. The zero-order valence-corrected chi connectivity index (χ0v) is 20.3. The second-order valence-corrected chi connectivity index (χ2v) is 11.9. The van der Waals surface area contributed by atoms with Gasteiger partial charge in [-0.1, -0.05) is 19.9 Å². The second-order valence-electron chi connectivity index (χ2n) is 9.91. The average molecular weight is 479 g/mol. The van der Waals surface area contributed by atoms with Crippen molar-refractivity contribution in [2.75, 3.05) is 17.8 Å². The number of nitrogens with zero attached hydrogens (tertiary/aromatic N) is 3. The van der Waals surface area contributed by atoms with Crippen molar-refractivity contribution in [2.45, 2.75) is 56.6 Å². The molecule has 1 aliphatic heterocycles. The Balaban J connectivity index is 1.49. The van der Waals surface area contributed by atoms with E-state index in [1.54, 1.807) is 4.52 Å². The molecule has 1 saturated carbocycles. The van der Waals surface area contributed by atoms with E-state index in [1.165, 1.54) is 22.8 Å². The summed E-state index contributed by atoms with van der Waals surface area (Å²) in [6.07, 6.45) is 7.10. The lowest BCUT2D eigenvalue weighted by Gasteiger charge is -2.23. The highest BCUT2D eigenvalue weighted by Gasteiger charge is 2.36. The van der Waals surface area contributed by atoms with Gasteiger partial charge in [0.15, 0.2) is 5.65 Å². The molecule has 0 atom stereocenters. The van der Waals surface area contributed by atoms with Crippen LogP contribution in [0.15, 0.2) is 36.8 Å².